The number of aldehydes is 1. The molecule has 2 rings (SSSR count). The van der Waals surface area contributed by atoms with Gasteiger partial charge in [0.1, 0.15) is 17.0 Å². The summed E-state index contributed by atoms with van der Waals surface area (Å²) in [4.78, 5) is 45.6. The first kappa shape index (κ1) is 19.1. The molecule has 8 nitrogen and oxygen atoms in total. The second kappa shape index (κ2) is 8.77. The fraction of sp³-hybridized carbons (Fsp3) is 0.176. The zero-order valence-electron chi connectivity index (χ0n) is 13.8. The number of amides is 2. The molecule has 0 unspecified atom stereocenters. The number of benzene rings is 1. The topological polar surface area (TPSA) is 125 Å². The number of thiophene rings is 1. The van der Waals surface area contributed by atoms with Crippen molar-refractivity contribution >= 4 is 40.4 Å². The molecule has 26 heavy (non-hydrogen) atoms. The zero-order chi connectivity index (χ0) is 19.1. The number of carbonyl (C=O) groups is 4. The number of hydrogen-bond acceptors (Lipinski definition) is 7. The van der Waals surface area contributed by atoms with E-state index in [1.165, 1.54) is 25.1 Å². The maximum Gasteiger partial charge on any atom is 0.344 e. The van der Waals surface area contributed by atoms with Gasteiger partial charge in [0.15, 0.2) is 12.7 Å². The van der Waals surface area contributed by atoms with Crippen LogP contribution in [0.5, 0.6) is 5.75 Å². The first-order chi connectivity index (χ1) is 12.4. The lowest BCUT2D eigenvalue weighted by Gasteiger charge is -2.13. The minimum atomic E-state index is -1.09. The average molecular weight is 376 g/mol. The summed E-state index contributed by atoms with van der Waals surface area (Å²) < 4.78 is 10.2. The summed E-state index contributed by atoms with van der Waals surface area (Å²) in [5.74, 6) is -1.62. The Morgan fingerprint density at radius 1 is 1.23 bits per heavy atom. The molecule has 1 heterocycles. The number of nitrogens with one attached hydrogen (secondary N) is 1. The zero-order valence-corrected chi connectivity index (χ0v) is 14.6. The average Bonchev–Trinajstić information content (AvgIpc) is 3.08. The van der Waals surface area contributed by atoms with E-state index < -0.39 is 30.5 Å². The van der Waals surface area contributed by atoms with Crippen LogP contribution in [0.2, 0.25) is 0 Å². The van der Waals surface area contributed by atoms with E-state index >= 15 is 0 Å². The van der Waals surface area contributed by atoms with Crippen LogP contribution < -0.4 is 15.8 Å². The minimum Gasteiger partial charge on any atom is -0.482 e. The SMILES string of the molecule is C[C@H](OC(=O)COc1ccc(C=O)cc1)C(=O)Nc1sccc1C(N)=O. The van der Waals surface area contributed by atoms with Gasteiger partial charge in [0.2, 0.25) is 0 Å². The van der Waals surface area contributed by atoms with Gasteiger partial charge >= 0.3 is 5.97 Å². The van der Waals surface area contributed by atoms with Gasteiger partial charge < -0.3 is 20.5 Å². The standard InChI is InChI=1S/C17H16N2O6S/c1-10(16(23)19-17-13(15(18)22)6-7-26-17)25-14(21)9-24-12-4-2-11(8-20)3-5-12/h2-8,10H,9H2,1H3,(H2,18,22)(H,19,23)/t10-/m0/s1. The van der Waals surface area contributed by atoms with Crippen molar-refractivity contribution in [1.82, 2.24) is 0 Å². The van der Waals surface area contributed by atoms with Crippen LogP contribution in [0.3, 0.4) is 0 Å². The van der Waals surface area contributed by atoms with Gasteiger partial charge in [-0.15, -0.1) is 11.3 Å². The van der Waals surface area contributed by atoms with Crippen molar-refractivity contribution in [2.75, 3.05) is 11.9 Å². The summed E-state index contributed by atoms with van der Waals surface area (Å²) in [6, 6.07) is 7.65. The predicted octanol–water partition coefficient (Wildman–Crippen LogP) is 1.61. The van der Waals surface area contributed by atoms with E-state index in [4.69, 9.17) is 15.2 Å². The van der Waals surface area contributed by atoms with Crippen LogP contribution in [0.1, 0.15) is 27.6 Å². The van der Waals surface area contributed by atoms with Gasteiger partial charge in [-0.25, -0.2) is 4.79 Å². The molecule has 2 amide bonds. The summed E-state index contributed by atoms with van der Waals surface area (Å²) in [6.07, 6.45) is -0.401. The van der Waals surface area contributed by atoms with Gasteiger partial charge in [-0.05, 0) is 42.6 Å². The van der Waals surface area contributed by atoms with E-state index in [0.717, 1.165) is 11.3 Å². The fourth-order valence-corrected chi connectivity index (χ4v) is 2.68. The molecule has 3 N–H and O–H groups in total. The Labute approximate surface area is 152 Å². The Kier molecular flexibility index (Phi) is 6.45. The van der Waals surface area contributed by atoms with E-state index in [2.05, 4.69) is 5.32 Å². The lowest BCUT2D eigenvalue weighted by molar-refractivity contribution is -0.155. The summed E-state index contributed by atoms with van der Waals surface area (Å²) in [5.41, 5.74) is 5.86. The van der Waals surface area contributed by atoms with Crippen LogP contribution in [-0.4, -0.2) is 36.8 Å². The molecule has 9 heteroatoms. The van der Waals surface area contributed by atoms with Crippen molar-refractivity contribution in [1.29, 1.82) is 0 Å². The monoisotopic (exact) mass is 376 g/mol. The first-order valence-corrected chi connectivity index (χ1v) is 8.34. The minimum absolute atomic E-state index is 0.184. The number of hydrogen-bond donors (Lipinski definition) is 2. The van der Waals surface area contributed by atoms with Crippen LogP contribution >= 0.6 is 11.3 Å². The normalized spacial score (nSPS) is 11.3. The number of esters is 1. The number of nitrogens with two attached hydrogens (primary N) is 1. The second-order valence-electron chi connectivity index (χ2n) is 5.12. The molecule has 1 aromatic heterocycles. The highest BCUT2D eigenvalue weighted by Crippen LogP contribution is 2.23. The third-order valence-electron chi connectivity index (χ3n) is 3.22. The molecule has 0 aliphatic heterocycles. The molecule has 0 aliphatic rings. The van der Waals surface area contributed by atoms with Gasteiger partial charge in [-0.1, -0.05) is 0 Å². The maximum atomic E-state index is 12.1. The fourth-order valence-electron chi connectivity index (χ4n) is 1.88. The molecule has 0 bridgehead atoms. The van der Waals surface area contributed by atoms with Crippen LogP contribution in [-0.2, 0) is 14.3 Å². The van der Waals surface area contributed by atoms with Gasteiger partial charge in [-0.3, -0.25) is 14.4 Å². The number of ether oxygens (including phenoxy) is 2. The number of primary amides is 1. The lowest BCUT2D eigenvalue weighted by Crippen LogP contribution is -2.32. The van der Waals surface area contributed by atoms with E-state index in [1.54, 1.807) is 17.5 Å². The van der Waals surface area contributed by atoms with Gasteiger partial charge in [0, 0.05) is 5.56 Å². The molecule has 0 saturated carbocycles. The van der Waals surface area contributed by atoms with Crippen molar-refractivity contribution in [3.8, 4) is 5.75 Å². The van der Waals surface area contributed by atoms with Gasteiger partial charge in [0.25, 0.3) is 11.8 Å². The molecular formula is C17H16N2O6S. The molecule has 0 fully saturated rings. The van der Waals surface area contributed by atoms with Crippen molar-refractivity contribution < 1.29 is 28.7 Å². The summed E-state index contributed by atoms with van der Waals surface area (Å²) >= 11 is 1.13. The largest absolute Gasteiger partial charge is 0.482 e. The highest BCUT2D eigenvalue weighted by Gasteiger charge is 2.20. The molecule has 136 valence electrons. The smallest absolute Gasteiger partial charge is 0.344 e. The Bertz CT molecular complexity index is 815. The number of rotatable bonds is 8. The molecular weight excluding hydrogens is 360 g/mol. The Balaban J connectivity index is 1.83. The van der Waals surface area contributed by atoms with Gasteiger partial charge in [0.05, 0.1) is 5.56 Å². The Morgan fingerprint density at radius 3 is 2.54 bits per heavy atom. The molecule has 0 saturated heterocycles. The Morgan fingerprint density at radius 2 is 1.92 bits per heavy atom. The third-order valence-corrected chi connectivity index (χ3v) is 4.05. The summed E-state index contributed by atoms with van der Waals surface area (Å²) in [5, 5.41) is 4.39. The second-order valence-corrected chi connectivity index (χ2v) is 6.04. The van der Waals surface area contributed by atoms with Crippen LogP contribution in [0.15, 0.2) is 35.7 Å². The van der Waals surface area contributed by atoms with Crippen molar-refractivity contribution in [3.05, 3.63) is 46.8 Å². The van der Waals surface area contributed by atoms with Crippen molar-refractivity contribution in [3.63, 3.8) is 0 Å². The van der Waals surface area contributed by atoms with E-state index in [-0.39, 0.29) is 10.6 Å². The quantitative estimate of drug-likeness (QED) is 0.533. The highest BCUT2D eigenvalue weighted by molar-refractivity contribution is 7.14. The third kappa shape index (κ3) is 5.15. The van der Waals surface area contributed by atoms with Gasteiger partial charge in [-0.2, -0.15) is 0 Å². The molecule has 1 aromatic carbocycles. The van der Waals surface area contributed by atoms with E-state index in [0.29, 0.717) is 17.6 Å². The van der Waals surface area contributed by atoms with Crippen molar-refractivity contribution in [2.45, 2.75) is 13.0 Å². The molecule has 2 aromatic rings. The van der Waals surface area contributed by atoms with E-state index in [9.17, 15) is 19.2 Å². The molecule has 1 atom stereocenters. The maximum absolute atomic E-state index is 12.1. The lowest BCUT2D eigenvalue weighted by atomic mass is 10.2. The molecule has 0 radical (unpaired) electrons. The molecule has 0 spiro atoms. The van der Waals surface area contributed by atoms with Crippen molar-refractivity contribution in [2.24, 2.45) is 5.73 Å². The van der Waals surface area contributed by atoms with E-state index in [1.807, 2.05) is 0 Å². The van der Waals surface area contributed by atoms with Crippen LogP contribution in [0.4, 0.5) is 5.00 Å². The Hall–Kier alpha value is -3.20. The summed E-state index contributed by atoms with van der Waals surface area (Å²) in [7, 11) is 0. The summed E-state index contributed by atoms with van der Waals surface area (Å²) in [6.45, 7) is 0.993. The highest BCUT2D eigenvalue weighted by atomic mass is 32.1. The molecule has 0 aliphatic carbocycles. The number of anilines is 1. The predicted molar refractivity (Wildman–Crippen MR) is 94.3 cm³/mol. The van der Waals surface area contributed by atoms with Crippen LogP contribution in [0, 0.1) is 0 Å². The number of carbonyl (C=O) groups excluding carboxylic acids is 4. The van der Waals surface area contributed by atoms with Crippen LogP contribution in [0.25, 0.3) is 0 Å². The first-order valence-electron chi connectivity index (χ1n) is 7.46.